The van der Waals surface area contributed by atoms with E-state index in [1.54, 1.807) is 79.4 Å². The van der Waals surface area contributed by atoms with Crippen LogP contribution in [0.25, 0.3) is 23.0 Å². The van der Waals surface area contributed by atoms with Gasteiger partial charge in [0.05, 0.1) is 20.6 Å². The third kappa shape index (κ3) is 19.6. The maximum absolute atomic E-state index is 12.5. The number of pyridine rings is 3. The summed E-state index contributed by atoms with van der Waals surface area (Å²) in [5.41, 5.74) is 15.6. The smallest absolute Gasteiger partial charge is 0.342 e. The Balaban J connectivity index is 0.000000194. The maximum atomic E-state index is 12.5. The fourth-order valence-corrected chi connectivity index (χ4v) is 7.14. The van der Waals surface area contributed by atoms with E-state index in [1.807, 2.05) is 52.5 Å². The molecule has 3 fully saturated rings. The van der Waals surface area contributed by atoms with Crippen molar-refractivity contribution in [2.75, 3.05) is 53.5 Å². The zero-order chi connectivity index (χ0) is 59.0. The summed E-state index contributed by atoms with van der Waals surface area (Å²) in [5.74, 6) is 0.780. The van der Waals surface area contributed by atoms with E-state index < -0.39 is 11.9 Å². The van der Waals surface area contributed by atoms with Gasteiger partial charge in [-0.3, -0.25) is 23.7 Å². The normalized spacial score (nSPS) is 13.5. The number of carboxylic acids is 2. The van der Waals surface area contributed by atoms with Crippen LogP contribution < -0.4 is 31.7 Å². The van der Waals surface area contributed by atoms with Crippen molar-refractivity contribution in [1.29, 1.82) is 0 Å². The molecule has 7 aromatic heterocycles. The van der Waals surface area contributed by atoms with E-state index in [0.29, 0.717) is 52.7 Å². The van der Waals surface area contributed by atoms with Crippen molar-refractivity contribution in [2.45, 2.75) is 82.8 Å². The Morgan fingerprint density at radius 3 is 1.64 bits per heavy atom. The van der Waals surface area contributed by atoms with E-state index in [9.17, 15) is 14.4 Å². The Labute approximate surface area is 468 Å². The lowest BCUT2D eigenvalue weighted by Gasteiger charge is -2.27. The number of aliphatic imine (C=N–C) groups is 1. The standard InChI is InChI=1S/C17H19N7O2.C12H18N6O.C11H13N5.C6H8N2O3.C4H9N.C2H4O2/c1-23-9-12(17(22-23)26-2)16(25)20-14-8-4-7-13(19-14)15-21-18-10-24(15)11-5-3-6-11;1-17(2)8-13-11-7-5-6-10(15-11)12(19)16-14-9-18(3)4;12-10-6-2-5-9(14-10)11-15-13-7-16(11)8-3-1-4-8;1-8-3-4(6(9)10)5(7-8)11-2;5-4-2-1-3-4;1-2(3)4/h4,7-11H,3,5-6H2,1-2H3,(H,19,20,25);5-9H,1-4H3,(H,16,19);2,5-8H,1,3-4H2,(H2,12,14);3H,1-2H3,(H,9,10);4H,1-3,5H2;1H3,(H,3,4)/b;13-8?,14-9+;;;;. The van der Waals surface area contributed by atoms with E-state index in [0.717, 1.165) is 31.3 Å². The number of hydrogen-bond acceptors (Lipinski definition) is 19. The highest BCUT2D eigenvalue weighted by atomic mass is 16.5. The summed E-state index contributed by atoms with van der Waals surface area (Å²) in [6.07, 6.45) is 20.7. The molecule has 432 valence electrons. The van der Waals surface area contributed by atoms with Gasteiger partial charge in [0.25, 0.3) is 17.8 Å². The van der Waals surface area contributed by atoms with Crippen LogP contribution in [0.1, 0.15) is 108 Å². The number of hydrogen-bond donors (Lipinski definition) is 6. The third-order valence-corrected chi connectivity index (χ3v) is 11.7. The monoisotopic (exact) mass is 1120 g/mol. The molecule has 0 spiro atoms. The average Bonchev–Trinajstić information content (AvgIpc) is 4.26. The van der Waals surface area contributed by atoms with Gasteiger partial charge in [-0.15, -0.1) is 30.6 Å². The van der Waals surface area contributed by atoms with Gasteiger partial charge in [0, 0.05) is 79.7 Å². The summed E-state index contributed by atoms with van der Waals surface area (Å²) >= 11 is 0. The maximum Gasteiger partial charge on any atom is 0.342 e. The fourth-order valence-electron chi connectivity index (χ4n) is 7.14. The van der Waals surface area contributed by atoms with Gasteiger partial charge < -0.3 is 55.4 Å². The van der Waals surface area contributed by atoms with Crippen molar-refractivity contribution >= 4 is 53.9 Å². The molecule has 0 unspecified atom stereocenters. The zero-order valence-corrected chi connectivity index (χ0v) is 46.9. The van der Waals surface area contributed by atoms with Crippen LogP contribution in [-0.2, 0) is 18.9 Å². The molecule has 3 aliphatic carbocycles. The van der Waals surface area contributed by atoms with Gasteiger partial charge in [-0.05, 0) is 87.8 Å². The summed E-state index contributed by atoms with van der Waals surface area (Å²) in [4.78, 5) is 64.3. The van der Waals surface area contributed by atoms with Crippen LogP contribution in [0.2, 0.25) is 0 Å². The number of carboxylic acid groups (broad SMARTS) is 2. The largest absolute Gasteiger partial charge is 0.481 e. The number of hydrazone groups is 1. The molecule has 29 heteroatoms. The fraction of sp³-hybridized carbons (Fsp3) is 0.404. The number of rotatable bonds is 14. The molecule has 0 bridgehead atoms. The van der Waals surface area contributed by atoms with Gasteiger partial charge in [0.2, 0.25) is 11.8 Å². The molecule has 0 aliphatic heterocycles. The van der Waals surface area contributed by atoms with Gasteiger partial charge in [-0.1, -0.05) is 24.6 Å². The number of nitrogens with two attached hydrogens (primary N) is 2. The number of methoxy groups -OCH3 is 2. The molecule has 2 amide bonds. The first kappa shape index (κ1) is 62.2. The number of aromatic nitrogens is 13. The van der Waals surface area contributed by atoms with E-state index in [1.165, 1.54) is 81.1 Å². The predicted octanol–water partition coefficient (Wildman–Crippen LogP) is 4.96. The second-order valence-corrected chi connectivity index (χ2v) is 18.8. The number of aromatic carboxylic acids is 1. The number of ether oxygens (including phenoxy) is 2. The van der Waals surface area contributed by atoms with Crippen molar-refractivity contribution in [3.05, 3.63) is 96.5 Å². The van der Waals surface area contributed by atoms with Crippen molar-refractivity contribution in [2.24, 2.45) is 29.9 Å². The molecule has 0 saturated heterocycles. The lowest BCUT2D eigenvalue weighted by atomic mass is 9.93. The molecule has 0 aromatic carbocycles. The summed E-state index contributed by atoms with van der Waals surface area (Å²) in [6, 6.07) is 17.6. The van der Waals surface area contributed by atoms with Gasteiger partial charge in [-0.25, -0.2) is 30.2 Å². The highest BCUT2D eigenvalue weighted by Crippen LogP contribution is 2.35. The van der Waals surface area contributed by atoms with Gasteiger partial charge in [0.1, 0.15) is 58.8 Å². The van der Waals surface area contributed by atoms with Crippen molar-refractivity contribution < 1.29 is 38.9 Å². The summed E-state index contributed by atoms with van der Waals surface area (Å²) < 4.78 is 16.9. The van der Waals surface area contributed by atoms with E-state index >= 15 is 0 Å². The minimum Gasteiger partial charge on any atom is -0.481 e. The van der Waals surface area contributed by atoms with Gasteiger partial charge in [-0.2, -0.15) is 5.10 Å². The summed E-state index contributed by atoms with van der Waals surface area (Å²) in [5, 5.41) is 46.7. The Morgan fingerprint density at radius 2 is 1.19 bits per heavy atom. The zero-order valence-electron chi connectivity index (χ0n) is 46.9. The highest BCUT2D eigenvalue weighted by molar-refractivity contribution is 6.05. The van der Waals surface area contributed by atoms with Crippen LogP contribution in [0.5, 0.6) is 11.8 Å². The van der Waals surface area contributed by atoms with Gasteiger partial charge >= 0.3 is 5.97 Å². The minimum atomic E-state index is -1.03. The van der Waals surface area contributed by atoms with Crippen LogP contribution in [0, 0.1) is 0 Å². The number of aliphatic carboxylic acids is 1. The van der Waals surface area contributed by atoms with Crippen LogP contribution in [0.4, 0.5) is 17.5 Å². The molecular formula is C52H71N21O8. The molecule has 0 atom stereocenters. The third-order valence-electron chi connectivity index (χ3n) is 11.7. The highest BCUT2D eigenvalue weighted by Gasteiger charge is 2.25. The Hall–Kier alpha value is -9.67. The first-order valence-electron chi connectivity index (χ1n) is 25.6. The molecule has 7 aromatic rings. The number of amides is 2. The van der Waals surface area contributed by atoms with Crippen LogP contribution >= 0.6 is 0 Å². The number of nitrogens with one attached hydrogen (secondary N) is 2. The molecule has 0 radical (unpaired) electrons. The van der Waals surface area contributed by atoms with Gasteiger partial charge in [0.15, 0.2) is 17.5 Å². The Kier molecular flexibility index (Phi) is 23.8. The Bertz CT molecular complexity index is 3180. The molecule has 3 aliphatic rings. The molecule has 81 heavy (non-hydrogen) atoms. The predicted molar refractivity (Wildman–Crippen MR) is 302 cm³/mol. The second-order valence-electron chi connectivity index (χ2n) is 18.8. The van der Waals surface area contributed by atoms with Crippen LogP contribution in [0.15, 0.2) is 89.7 Å². The number of aryl methyl sites for hydroxylation is 2. The molecule has 7 heterocycles. The van der Waals surface area contributed by atoms with Crippen LogP contribution in [-0.4, -0.2) is 169 Å². The quantitative estimate of drug-likeness (QED) is 0.0476. The van der Waals surface area contributed by atoms with E-state index in [4.69, 9.17) is 35.9 Å². The molecule has 10 rings (SSSR count). The summed E-state index contributed by atoms with van der Waals surface area (Å²) in [7, 11) is 13.6. The first-order valence-corrected chi connectivity index (χ1v) is 25.6. The number of nitrogens with zero attached hydrogens (tertiary/aromatic N) is 17. The van der Waals surface area contributed by atoms with E-state index in [-0.39, 0.29) is 34.8 Å². The Morgan fingerprint density at radius 1 is 0.691 bits per heavy atom. The summed E-state index contributed by atoms with van der Waals surface area (Å²) in [6.45, 7) is 1.08. The van der Waals surface area contributed by atoms with Crippen molar-refractivity contribution in [1.82, 2.24) is 79.3 Å². The number of anilines is 2. The topological polar surface area (TPSA) is 370 Å². The molecule has 29 nitrogen and oxygen atoms in total. The molecule has 3 saturated carbocycles. The minimum absolute atomic E-state index is 0.0787. The molecule has 8 N–H and O–H groups in total. The lowest BCUT2D eigenvalue weighted by molar-refractivity contribution is -0.134. The number of carbonyl (C=O) groups excluding carboxylic acids is 2. The first-order chi connectivity index (χ1) is 38.8. The molecular weight excluding hydrogens is 1050 g/mol. The average molecular weight is 1120 g/mol. The van der Waals surface area contributed by atoms with Crippen molar-refractivity contribution in [3.63, 3.8) is 0 Å². The number of carbonyl (C=O) groups is 4. The van der Waals surface area contributed by atoms with Crippen molar-refractivity contribution in [3.8, 4) is 34.8 Å². The van der Waals surface area contributed by atoms with E-state index in [2.05, 4.69) is 75.5 Å². The lowest BCUT2D eigenvalue weighted by Crippen LogP contribution is -2.27. The second kappa shape index (κ2) is 31.1. The van der Waals surface area contributed by atoms with Crippen LogP contribution in [0.3, 0.4) is 0 Å². The SMILES string of the molecule is CC(=O)O.CN(C)C=Nc1cccc(C(=O)N/N=C/N(C)C)n1.COc1nn(C)cc1C(=O)Nc1cccc(-c2nncn2C2CCC2)n1.COc1nn(C)cc1C(=O)O.NC1CCC1.Nc1cccc(-c2nncn2C2CCC2)n1. The number of nitrogen functional groups attached to an aromatic ring is 1.